The van der Waals surface area contributed by atoms with Gasteiger partial charge in [0.1, 0.15) is 18.1 Å². The van der Waals surface area contributed by atoms with Gasteiger partial charge in [0.05, 0.1) is 0 Å². The van der Waals surface area contributed by atoms with Crippen LogP contribution in [0, 0.1) is 6.92 Å². The number of carboxylic acid groups (broad SMARTS) is 2. The number of ether oxygens (including phenoxy) is 1. The molecule has 6 nitrogen and oxygen atoms in total. The smallest absolute Gasteiger partial charge is 0.352 e. The molecule has 2 N–H and O–H groups in total. The molecule has 150 valence electrons. The fourth-order valence-corrected chi connectivity index (χ4v) is 3.15. The van der Waals surface area contributed by atoms with Crippen molar-refractivity contribution in [3.05, 3.63) is 77.6 Å². The summed E-state index contributed by atoms with van der Waals surface area (Å²) in [5, 5.41) is 18.2. The van der Waals surface area contributed by atoms with Crippen LogP contribution < -0.4 is 4.74 Å². The number of aromatic nitrogens is 1. The van der Waals surface area contributed by atoms with Gasteiger partial charge in [0.25, 0.3) is 0 Å². The molecule has 1 aromatic heterocycles. The summed E-state index contributed by atoms with van der Waals surface area (Å²) in [4.78, 5) is 22.2. The third-order valence-corrected chi connectivity index (χ3v) is 4.58. The number of aliphatic carboxylic acids is 1. The van der Waals surface area contributed by atoms with Gasteiger partial charge >= 0.3 is 11.9 Å². The van der Waals surface area contributed by atoms with Gasteiger partial charge in [0, 0.05) is 24.7 Å². The van der Waals surface area contributed by atoms with Gasteiger partial charge in [-0.1, -0.05) is 42.0 Å². The van der Waals surface area contributed by atoms with Gasteiger partial charge in [0.2, 0.25) is 0 Å². The molecule has 0 bridgehead atoms. The van der Waals surface area contributed by atoms with E-state index in [0.29, 0.717) is 19.6 Å². The van der Waals surface area contributed by atoms with Crippen LogP contribution in [-0.2, 0) is 17.9 Å². The molecule has 0 spiro atoms. The van der Waals surface area contributed by atoms with Crippen molar-refractivity contribution in [1.82, 2.24) is 4.57 Å². The number of carbonyl (C=O) groups is 2. The van der Waals surface area contributed by atoms with E-state index in [1.54, 1.807) is 16.8 Å². The first-order valence-corrected chi connectivity index (χ1v) is 9.36. The van der Waals surface area contributed by atoms with E-state index < -0.39 is 11.9 Å². The van der Waals surface area contributed by atoms with Crippen molar-refractivity contribution in [3.63, 3.8) is 0 Å². The highest BCUT2D eigenvalue weighted by molar-refractivity contribution is 5.88. The van der Waals surface area contributed by atoms with Crippen LogP contribution in [0.4, 0.5) is 0 Å². The maximum atomic E-state index is 11.5. The third-order valence-electron chi connectivity index (χ3n) is 4.58. The minimum absolute atomic E-state index is 0.000449. The molecular formula is C23H23NO5. The zero-order chi connectivity index (χ0) is 20.8. The molecule has 6 heteroatoms. The lowest BCUT2D eigenvalue weighted by Gasteiger charge is -2.08. The lowest BCUT2D eigenvalue weighted by molar-refractivity contribution is -0.137. The molecule has 2 aromatic carbocycles. The van der Waals surface area contributed by atoms with Crippen molar-refractivity contribution in [1.29, 1.82) is 0 Å². The van der Waals surface area contributed by atoms with E-state index in [9.17, 15) is 14.7 Å². The normalized spacial score (nSPS) is 10.7. The SMILES string of the molecule is Cc1cccc(COc2ccc(-c3cc(C(=O)O)n(CCCC(=O)O)c3)cc2)c1. The van der Waals surface area contributed by atoms with Crippen molar-refractivity contribution in [2.75, 3.05) is 0 Å². The summed E-state index contributed by atoms with van der Waals surface area (Å²) in [6, 6.07) is 17.2. The number of hydrogen-bond donors (Lipinski definition) is 2. The molecule has 1 heterocycles. The number of nitrogens with zero attached hydrogens (tertiary/aromatic N) is 1. The molecule has 0 aliphatic carbocycles. The number of aromatic carboxylic acids is 1. The monoisotopic (exact) mass is 393 g/mol. The number of hydrogen-bond acceptors (Lipinski definition) is 3. The average Bonchev–Trinajstić information content (AvgIpc) is 3.11. The predicted molar refractivity (Wildman–Crippen MR) is 109 cm³/mol. The second kappa shape index (κ2) is 9.10. The van der Waals surface area contributed by atoms with Crippen LogP contribution in [0.2, 0.25) is 0 Å². The zero-order valence-electron chi connectivity index (χ0n) is 16.2. The maximum absolute atomic E-state index is 11.5. The van der Waals surface area contributed by atoms with E-state index in [-0.39, 0.29) is 12.1 Å². The third kappa shape index (κ3) is 5.48. The first-order valence-electron chi connectivity index (χ1n) is 9.36. The molecule has 0 aliphatic rings. The van der Waals surface area contributed by atoms with Crippen molar-refractivity contribution in [2.45, 2.75) is 32.9 Å². The molecule has 3 rings (SSSR count). The van der Waals surface area contributed by atoms with Gasteiger partial charge in [-0.15, -0.1) is 0 Å². The van der Waals surface area contributed by atoms with E-state index in [1.807, 2.05) is 49.4 Å². The van der Waals surface area contributed by atoms with Gasteiger partial charge in [-0.3, -0.25) is 4.79 Å². The lowest BCUT2D eigenvalue weighted by atomic mass is 10.1. The van der Waals surface area contributed by atoms with Crippen molar-refractivity contribution < 1.29 is 24.5 Å². The van der Waals surface area contributed by atoms with Gasteiger partial charge in [-0.05, 0) is 42.7 Å². The van der Waals surface area contributed by atoms with E-state index in [4.69, 9.17) is 9.84 Å². The standard InChI is InChI=1S/C23H23NO5/c1-16-4-2-5-17(12-16)15-29-20-9-7-18(8-10-20)19-13-21(23(27)28)24(14-19)11-3-6-22(25)26/h2,4-5,7-10,12-14H,3,6,11,15H2,1H3,(H,25,26)(H,27,28). The molecule has 0 saturated heterocycles. The van der Waals surface area contributed by atoms with Crippen LogP contribution in [0.15, 0.2) is 60.8 Å². The summed E-state index contributed by atoms with van der Waals surface area (Å²) < 4.78 is 7.41. The fourth-order valence-electron chi connectivity index (χ4n) is 3.15. The summed E-state index contributed by atoms with van der Waals surface area (Å²) in [6.07, 6.45) is 2.11. The molecule has 3 aromatic rings. The van der Waals surface area contributed by atoms with Gasteiger partial charge < -0.3 is 19.5 Å². The Morgan fingerprint density at radius 3 is 2.41 bits per heavy atom. The summed E-state index contributed by atoms with van der Waals surface area (Å²) in [6.45, 7) is 2.85. The Morgan fingerprint density at radius 2 is 1.76 bits per heavy atom. The predicted octanol–water partition coefficient (Wildman–Crippen LogP) is 4.61. The van der Waals surface area contributed by atoms with Crippen molar-refractivity contribution >= 4 is 11.9 Å². The van der Waals surface area contributed by atoms with E-state index >= 15 is 0 Å². The second-order valence-electron chi connectivity index (χ2n) is 6.91. The Balaban J connectivity index is 1.70. The summed E-state index contributed by atoms with van der Waals surface area (Å²) in [7, 11) is 0. The van der Waals surface area contributed by atoms with E-state index in [2.05, 4.69) is 6.07 Å². The fraction of sp³-hybridized carbons (Fsp3) is 0.217. The lowest BCUT2D eigenvalue weighted by Crippen LogP contribution is -2.08. The summed E-state index contributed by atoms with van der Waals surface area (Å²) in [5.41, 5.74) is 4.06. The van der Waals surface area contributed by atoms with Gasteiger partial charge in [-0.2, -0.15) is 0 Å². The van der Waals surface area contributed by atoms with Crippen LogP contribution in [0.3, 0.4) is 0 Å². The van der Waals surface area contributed by atoms with Crippen molar-refractivity contribution in [3.8, 4) is 16.9 Å². The highest BCUT2D eigenvalue weighted by atomic mass is 16.5. The molecule has 0 fully saturated rings. The number of benzene rings is 2. The molecule has 0 amide bonds. The number of carboxylic acids is 2. The van der Waals surface area contributed by atoms with Crippen LogP contribution >= 0.6 is 0 Å². The molecule has 0 saturated carbocycles. The van der Waals surface area contributed by atoms with E-state index in [0.717, 1.165) is 22.4 Å². The second-order valence-corrected chi connectivity index (χ2v) is 6.91. The number of aryl methyl sites for hydroxylation is 2. The van der Waals surface area contributed by atoms with Crippen LogP contribution in [0.5, 0.6) is 5.75 Å². The largest absolute Gasteiger partial charge is 0.489 e. The molecule has 29 heavy (non-hydrogen) atoms. The van der Waals surface area contributed by atoms with Crippen LogP contribution in [0.25, 0.3) is 11.1 Å². The highest BCUT2D eigenvalue weighted by Gasteiger charge is 2.14. The first kappa shape index (κ1) is 20.2. The van der Waals surface area contributed by atoms with Crippen molar-refractivity contribution in [2.24, 2.45) is 0 Å². The Bertz CT molecular complexity index is 1000. The maximum Gasteiger partial charge on any atom is 0.352 e. The van der Waals surface area contributed by atoms with E-state index in [1.165, 1.54) is 5.56 Å². The molecule has 0 atom stereocenters. The number of rotatable bonds is 9. The minimum atomic E-state index is -1.04. The Kier molecular flexibility index (Phi) is 6.34. The topological polar surface area (TPSA) is 88.8 Å². The molecular weight excluding hydrogens is 370 g/mol. The summed E-state index contributed by atoms with van der Waals surface area (Å²) in [5.74, 6) is -1.20. The molecule has 0 aliphatic heterocycles. The average molecular weight is 393 g/mol. The Hall–Kier alpha value is -3.54. The van der Waals surface area contributed by atoms with Crippen LogP contribution in [0.1, 0.15) is 34.5 Å². The van der Waals surface area contributed by atoms with Gasteiger partial charge in [0.15, 0.2) is 0 Å². The molecule has 0 unspecified atom stereocenters. The minimum Gasteiger partial charge on any atom is -0.489 e. The zero-order valence-corrected chi connectivity index (χ0v) is 16.2. The summed E-state index contributed by atoms with van der Waals surface area (Å²) >= 11 is 0. The van der Waals surface area contributed by atoms with Gasteiger partial charge in [-0.25, -0.2) is 4.79 Å². The molecule has 0 radical (unpaired) electrons. The first-order chi connectivity index (χ1) is 13.9. The highest BCUT2D eigenvalue weighted by Crippen LogP contribution is 2.25. The quantitative estimate of drug-likeness (QED) is 0.554. The Morgan fingerprint density at radius 1 is 1.00 bits per heavy atom. The Labute approximate surface area is 169 Å². The van der Waals surface area contributed by atoms with Crippen LogP contribution in [-0.4, -0.2) is 26.7 Å².